The fourth-order valence-corrected chi connectivity index (χ4v) is 4.56. The van der Waals surface area contributed by atoms with Gasteiger partial charge < -0.3 is 18.9 Å². The molecule has 0 spiro atoms. The van der Waals surface area contributed by atoms with E-state index in [-0.39, 0.29) is 11.3 Å². The molecule has 3 aromatic heterocycles. The SMILES string of the molecule is COC(=O)c1ccc(CSc2nc3c([nH]c4ccccc43)c(=O)n2-c2ccccc2OC)o1. The zero-order chi connectivity index (χ0) is 22.9. The Bertz CT molecular complexity index is 1550. The van der Waals surface area contributed by atoms with Crippen molar-refractivity contribution in [3.05, 3.63) is 82.5 Å². The van der Waals surface area contributed by atoms with Crippen molar-refractivity contribution in [1.29, 1.82) is 0 Å². The van der Waals surface area contributed by atoms with E-state index in [0.717, 1.165) is 10.9 Å². The minimum Gasteiger partial charge on any atom is -0.495 e. The summed E-state index contributed by atoms with van der Waals surface area (Å²) >= 11 is 1.32. The Morgan fingerprint density at radius 2 is 1.88 bits per heavy atom. The first-order chi connectivity index (χ1) is 16.1. The molecule has 166 valence electrons. The Morgan fingerprint density at radius 3 is 2.70 bits per heavy atom. The van der Waals surface area contributed by atoms with E-state index in [2.05, 4.69) is 4.98 Å². The van der Waals surface area contributed by atoms with Crippen molar-refractivity contribution >= 4 is 39.7 Å². The van der Waals surface area contributed by atoms with E-state index in [1.54, 1.807) is 25.3 Å². The summed E-state index contributed by atoms with van der Waals surface area (Å²) < 4.78 is 17.3. The topological polar surface area (TPSA) is 99.3 Å². The van der Waals surface area contributed by atoms with E-state index in [1.165, 1.54) is 23.4 Å². The van der Waals surface area contributed by atoms with Crippen LogP contribution in [0.3, 0.4) is 0 Å². The van der Waals surface area contributed by atoms with E-state index in [1.807, 2.05) is 42.5 Å². The smallest absolute Gasteiger partial charge is 0.373 e. The van der Waals surface area contributed by atoms with Crippen LogP contribution >= 0.6 is 11.8 Å². The van der Waals surface area contributed by atoms with Crippen LogP contribution in [0, 0.1) is 0 Å². The van der Waals surface area contributed by atoms with Crippen LogP contribution in [0.15, 0.2) is 75.0 Å². The molecule has 0 aliphatic heterocycles. The lowest BCUT2D eigenvalue weighted by Crippen LogP contribution is -2.22. The average molecular weight is 461 g/mol. The van der Waals surface area contributed by atoms with Crippen LogP contribution in [0.4, 0.5) is 0 Å². The molecule has 0 amide bonds. The van der Waals surface area contributed by atoms with E-state index < -0.39 is 5.97 Å². The number of fused-ring (bicyclic) bond motifs is 3. The number of furan rings is 1. The van der Waals surface area contributed by atoms with Gasteiger partial charge in [-0.1, -0.05) is 42.1 Å². The minimum atomic E-state index is -0.546. The number of nitrogens with zero attached hydrogens (tertiary/aromatic N) is 2. The molecule has 0 saturated carbocycles. The summed E-state index contributed by atoms with van der Waals surface area (Å²) in [5.41, 5.74) is 2.18. The molecule has 0 saturated heterocycles. The van der Waals surface area contributed by atoms with Gasteiger partial charge >= 0.3 is 5.97 Å². The number of thioether (sulfide) groups is 1. The molecule has 5 aromatic rings. The van der Waals surface area contributed by atoms with Crippen molar-refractivity contribution < 1.29 is 18.7 Å². The number of nitrogens with one attached hydrogen (secondary N) is 1. The van der Waals surface area contributed by atoms with Crippen LogP contribution < -0.4 is 10.3 Å². The number of ether oxygens (including phenoxy) is 2. The van der Waals surface area contributed by atoms with Gasteiger partial charge in [-0.25, -0.2) is 14.3 Å². The normalized spacial score (nSPS) is 11.2. The number of benzene rings is 2. The van der Waals surface area contributed by atoms with Gasteiger partial charge in [0, 0.05) is 10.9 Å². The molecule has 3 heterocycles. The fraction of sp³-hybridized carbons (Fsp3) is 0.125. The molecule has 0 bridgehead atoms. The molecule has 0 unspecified atom stereocenters. The quantitative estimate of drug-likeness (QED) is 0.225. The van der Waals surface area contributed by atoms with Gasteiger partial charge in [-0.05, 0) is 30.3 Å². The Labute approximate surface area is 192 Å². The number of rotatable bonds is 6. The lowest BCUT2D eigenvalue weighted by Gasteiger charge is -2.14. The number of para-hydroxylation sites is 3. The number of methoxy groups -OCH3 is 2. The highest BCUT2D eigenvalue weighted by Crippen LogP contribution is 2.31. The van der Waals surface area contributed by atoms with E-state index in [4.69, 9.17) is 18.9 Å². The second-order valence-corrected chi connectivity index (χ2v) is 8.09. The molecular formula is C24H19N3O5S. The monoisotopic (exact) mass is 461 g/mol. The van der Waals surface area contributed by atoms with Crippen molar-refractivity contribution in [1.82, 2.24) is 14.5 Å². The maximum Gasteiger partial charge on any atom is 0.373 e. The molecule has 1 N–H and O–H groups in total. The molecule has 2 aromatic carbocycles. The summed E-state index contributed by atoms with van der Waals surface area (Å²) in [7, 11) is 2.86. The van der Waals surface area contributed by atoms with Crippen LogP contribution in [0.1, 0.15) is 16.3 Å². The molecule has 9 heteroatoms. The zero-order valence-corrected chi connectivity index (χ0v) is 18.6. The first-order valence-electron chi connectivity index (χ1n) is 10.1. The third-order valence-corrected chi connectivity index (χ3v) is 6.17. The number of carbonyl (C=O) groups is 1. The van der Waals surface area contributed by atoms with Gasteiger partial charge in [0.2, 0.25) is 5.76 Å². The molecule has 33 heavy (non-hydrogen) atoms. The number of H-pyrrole nitrogens is 1. The third-order valence-electron chi connectivity index (χ3n) is 5.21. The predicted octanol–water partition coefficient (Wildman–Crippen LogP) is 4.55. The fourth-order valence-electron chi connectivity index (χ4n) is 3.67. The highest BCUT2D eigenvalue weighted by atomic mass is 32.2. The molecule has 0 radical (unpaired) electrons. The maximum atomic E-state index is 13.7. The van der Waals surface area contributed by atoms with Crippen molar-refractivity contribution in [2.45, 2.75) is 10.9 Å². The third kappa shape index (κ3) is 3.66. The summed E-state index contributed by atoms with van der Waals surface area (Å²) in [4.78, 5) is 33.4. The van der Waals surface area contributed by atoms with Crippen LogP contribution in [0.5, 0.6) is 5.75 Å². The number of aromatic nitrogens is 3. The van der Waals surface area contributed by atoms with Crippen molar-refractivity contribution in [2.75, 3.05) is 14.2 Å². The van der Waals surface area contributed by atoms with Gasteiger partial charge in [0.05, 0.1) is 25.7 Å². The zero-order valence-electron chi connectivity index (χ0n) is 17.8. The van der Waals surface area contributed by atoms with Gasteiger partial charge in [-0.2, -0.15) is 0 Å². The van der Waals surface area contributed by atoms with Gasteiger partial charge in [-0.3, -0.25) is 4.79 Å². The van der Waals surface area contributed by atoms with Crippen LogP contribution in [-0.4, -0.2) is 34.7 Å². The number of aromatic amines is 1. The largest absolute Gasteiger partial charge is 0.495 e. The summed E-state index contributed by atoms with van der Waals surface area (Å²) in [5.74, 6) is 1.03. The standard InChI is InChI=1S/C24H19N3O5S/c1-30-18-10-6-5-9-17(18)27-22(28)21-20(15-7-3-4-8-16(15)25-21)26-24(27)33-13-14-11-12-19(32-14)23(29)31-2/h3-12,25H,13H2,1-2H3. The Balaban J connectivity index is 1.66. The van der Waals surface area contributed by atoms with Gasteiger partial charge in [0.15, 0.2) is 5.16 Å². The van der Waals surface area contributed by atoms with E-state index >= 15 is 0 Å². The first kappa shape index (κ1) is 20.9. The molecule has 0 aliphatic carbocycles. The number of esters is 1. The van der Waals surface area contributed by atoms with Crippen molar-refractivity contribution in [3.8, 4) is 11.4 Å². The maximum absolute atomic E-state index is 13.7. The van der Waals surface area contributed by atoms with Crippen LogP contribution in [0.2, 0.25) is 0 Å². The van der Waals surface area contributed by atoms with Crippen LogP contribution in [0.25, 0.3) is 27.6 Å². The lowest BCUT2D eigenvalue weighted by atomic mass is 10.2. The van der Waals surface area contributed by atoms with E-state index in [0.29, 0.717) is 39.1 Å². The molecule has 5 rings (SSSR count). The van der Waals surface area contributed by atoms with Crippen molar-refractivity contribution in [3.63, 3.8) is 0 Å². The predicted molar refractivity (Wildman–Crippen MR) is 125 cm³/mol. The highest BCUT2D eigenvalue weighted by molar-refractivity contribution is 7.98. The number of hydrogen-bond donors (Lipinski definition) is 1. The van der Waals surface area contributed by atoms with Gasteiger partial charge in [-0.15, -0.1) is 0 Å². The summed E-state index contributed by atoms with van der Waals surface area (Å²) in [6, 6.07) is 18.2. The van der Waals surface area contributed by atoms with Gasteiger partial charge in [0.1, 0.15) is 22.5 Å². The minimum absolute atomic E-state index is 0.121. The molecule has 8 nitrogen and oxygen atoms in total. The summed E-state index contributed by atoms with van der Waals surface area (Å²) in [5, 5.41) is 1.34. The summed E-state index contributed by atoms with van der Waals surface area (Å²) in [6.45, 7) is 0. The second kappa shape index (κ2) is 8.51. The average Bonchev–Trinajstić information content (AvgIpc) is 3.47. The number of hydrogen-bond acceptors (Lipinski definition) is 7. The highest BCUT2D eigenvalue weighted by Gasteiger charge is 2.20. The molecule has 0 fully saturated rings. The Kier molecular flexibility index (Phi) is 5.39. The van der Waals surface area contributed by atoms with Crippen LogP contribution in [-0.2, 0) is 10.5 Å². The first-order valence-corrected chi connectivity index (χ1v) is 11.1. The molecular weight excluding hydrogens is 442 g/mol. The Morgan fingerprint density at radius 1 is 1.09 bits per heavy atom. The molecule has 0 atom stereocenters. The van der Waals surface area contributed by atoms with Gasteiger partial charge in [0.25, 0.3) is 5.56 Å². The summed E-state index contributed by atoms with van der Waals surface area (Å²) in [6.07, 6.45) is 0. The lowest BCUT2D eigenvalue weighted by molar-refractivity contribution is 0.0563. The van der Waals surface area contributed by atoms with Crippen molar-refractivity contribution in [2.24, 2.45) is 0 Å². The molecule has 0 aliphatic rings. The Hall–Kier alpha value is -3.98. The second-order valence-electron chi connectivity index (χ2n) is 7.15. The number of carbonyl (C=O) groups excluding carboxylic acids is 1. The van der Waals surface area contributed by atoms with E-state index in [9.17, 15) is 9.59 Å².